The molecule has 0 saturated heterocycles. The molecular weight excluding hydrogens is 373 g/mol. The fraction of sp³-hybridized carbons (Fsp3) is 0.190. The average molecular weight is 393 g/mol. The molecule has 0 radical (unpaired) electrons. The van der Waals surface area contributed by atoms with Crippen LogP contribution in [0.2, 0.25) is 0 Å². The third kappa shape index (κ3) is 3.44. The summed E-state index contributed by atoms with van der Waals surface area (Å²) in [5, 5.41) is 11.6. The molecule has 0 unspecified atom stereocenters. The molecule has 7 nitrogen and oxygen atoms in total. The van der Waals surface area contributed by atoms with Crippen LogP contribution in [0.25, 0.3) is 16.8 Å². The first kappa shape index (κ1) is 18.7. The second kappa shape index (κ2) is 7.75. The van der Waals surface area contributed by atoms with Crippen molar-refractivity contribution < 1.29 is 13.9 Å². The van der Waals surface area contributed by atoms with Crippen LogP contribution < -0.4 is 14.8 Å². The van der Waals surface area contributed by atoms with E-state index in [9.17, 15) is 4.39 Å². The zero-order valence-electron chi connectivity index (χ0n) is 16.3. The zero-order chi connectivity index (χ0) is 20.4. The van der Waals surface area contributed by atoms with Gasteiger partial charge in [0.1, 0.15) is 23.7 Å². The molecular formula is C21H20FN5O2. The highest BCUT2D eigenvalue weighted by molar-refractivity contribution is 5.80. The highest BCUT2D eigenvalue weighted by atomic mass is 19.1. The first-order valence-corrected chi connectivity index (χ1v) is 9.02. The van der Waals surface area contributed by atoms with E-state index in [0.717, 1.165) is 22.6 Å². The number of hydrogen-bond donors (Lipinski definition) is 1. The van der Waals surface area contributed by atoms with Crippen molar-refractivity contribution in [3.8, 4) is 22.8 Å². The third-order valence-corrected chi connectivity index (χ3v) is 4.76. The number of nitrogens with zero attached hydrogens (tertiary/aromatic N) is 4. The summed E-state index contributed by atoms with van der Waals surface area (Å²) in [5.41, 5.74) is 3.78. The van der Waals surface area contributed by atoms with Gasteiger partial charge in [0.25, 0.3) is 0 Å². The van der Waals surface area contributed by atoms with Crippen molar-refractivity contribution in [2.24, 2.45) is 0 Å². The topological polar surface area (TPSA) is 73.6 Å². The van der Waals surface area contributed by atoms with Crippen molar-refractivity contribution in [3.05, 3.63) is 65.9 Å². The highest BCUT2D eigenvalue weighted by Crippen LogP contribution is 2.30. The minimum atomic E-state index is -0.326. The molecule has 0 fully saturated rings. The molecule has 0 bridgehead atoms. The van der Waals surface area contributed by atoms with Gasteiger partial charge in [0.15, 0.2) is 5.65 Å². The second-order valence-corrected chi connectivity index (χ2v) is 6.42. The van der Waals surface area contributed by atoms with E-state index in [2.05, 4.69) is 20.5 Å². The van der Waals surface area contributed by atoms with E-state index in [1.807, 2.05) is 35.6 Å². The Balaban J connectivity index is 1.69. The molecule has 8 heteroatoms. The van der Waals surface area contributed by atoms with Crippen LogP contribution in [-0.2, 0) is 6.54 Å². The molecule has 1 aromatic carbocycles. The van der Waals surface area contributed by atoms with Gasteiger partial charge in [0.2, 0.25) is 5.88 Å². The fourth-order valence-corrected chi connectivity index (χ4v) is 3.28. The lowest BCUT2D eigenvalue weighted by molar-refractivity contribution is 0.397. The molecule has 0 spiro atoms. The van der Waals surface area contributed by atoms with Crippen LogP contribution in [0.1, 0.15) is 11.3 Å². The van der Waals surface area contributed by atoms with E-state index in [0.29, 0.717) is 22.8 Å². The Morgan fingerprint density at radius 2 is 1.86 bits per heavy atom. The van der Waals surface area contributed by atoms with Crippen LogP contribution >= 0.6 is 0 Å². The molecule has 0 aliphatic rings. The van der Waals surface area contributed by atoms with E-state index in [1.165, 1.54) is 13.2 Å². The molecule has 29 heavy (non-hydrogen) atoms. The molecule has 4 rings (SSSR count). The van der Waals surface area contributed by atoms with Crippen molar-refractivity contribution in [3.63, 3.8) is 0 Å². The maximum atomic E-state index is 14.2. The summed E-state index contributed by atoms with van der Waals surface area (Å²) in [7, 11) is 3.11. The summed E-state index contributed by atoms with van der Waals surface area (Å²) >= 11 is 0. The van der Waals surface area contributed by atoms with Gasteiger partial charge in [-0.05, 0) is 37.3 Å². The number of methoxy groups -OCH3 is 2. The molecule has 0 aliphatic heterocycles. The van der Waals surface area contributed by atoms with E-state index in [1.54, 1.807) is 25.6 Å². The maximum Gasteiger partial charge on any atom is 0.213 e. The highest BCUT2D eigenvalue weighted by Gasteiger charge is 2.14. The summed E-state index contributed by atoms with van der Waals surface area (Å²) in [4.78, 5) is 4.44. The van der Waals surface area contributed by atoms with Gasteiger partial charge in [-0.3, -0.25) is 4.40 Å². The first-order chi connectivity index (χ1) is 14.1. The van der Waals surface area contributed by atoms with Crippen LogP contribution in [0.4, 0.5) is 10.2 Å². The Morgan fingerprint density at radius 3 is 2.62 bits per heavy atom. The number of pyridine rings is 2. The minimum Gasteiger partial charge on any atom is -0.496 e. The molecule has 0 aliphatic carbocycles. The van der Waals surface area contributed by atoms with Crippen molar-refractivity contribution in [2.75, 3.05) is 19.5 Å². The summed E-state index contributed by atoms with van der Waals surface area (Å²) in [6.07, 6.45) is 1.62. The number of benzene rings is 1. The Morgan fingerprint density at radius 1 is 1.03 bits per heavy atom. The average Bonchev–Trinajstić information content (AvgIpc) is 3.23. The monoisotopic (exact) mass is 393 g/mol. The van der Waals surface area contributed by atoms with Gasteiger partial charge in [0.05, 0.1) is 14.2 Å². The predicted molar refractivity (Wildman–Crippen MR) is 108 cm³/mol. The SMILES string of the molecule is COc1ccc(-c2ccc(NCc3c(F)cccc3OC)n3cnnc23)c(C)n1. The van der Waals surface area contributed by atoms with Crippen LogP contribution in [0.15, 0.2) is 48.8 Å². The van der Waals surface area contributed by atoms with E-state index in [-0.39, 0.29) is 12.4 Å². The summed E-state index contributed by atoms with van der Waals surface area (Å²) in [5.74, 6) is 1.46. The molecule has 3 aromatic heterocycles. The number of rotatable bonds is 6. The Labute approximate surface area is 167 Å². The predicted octanol–water partition coefficient (Wildman–Crippen LogP) is 3.87. The largest absolute Gasteiger partial charge is 0.496 e. The van der Waals surface area contributed by atoms with Crippen LogP contribution in [0.5, 0.6) is 11.6 Å². The number of halogens is 1. The van der Waals surface area contributed by atoms with Gasteiger partial charge in [0, 0.05) is 35.0 Å². The molecule has 1 N–H and O–H groups in total. The number of aromatic nitrogens is 4. The molecule has 4 aromatic rings. The van der Waals surface area contributed by atoms with Gasteiger partial charge in [-0.2, -0.15) is 0 Å². The number of anilines is 1. The van der Waals surface area contributed by atoms with Gasteiger partial charge < -0.3 is 14.8 Å². The van der Waals surface area contributed by atoms with Gasteiger partial charge in [-0.15, -0.1) is 10.2 Å². The van der Waals surface area contributed by atoms with Crippen molar-refractivity contribution in [1.29, 1.82) is 0 Å². The zero-order valence-corrected chi connectivity index (χ0v) is 16.3. The Hall–Kier alpha value is -3.68. The Bertz CT molecular complexity index is 1180. The minimum absolute atomic E-state index is 0.256. The fourth-order valence-electron chi connectivity index (χ4n) is 3.28. The number of hydrogen-bond acceptors (Lipinski definition) is 6. The second-order valence-electron chi connectivity index (χ2n) is 6.42. The van der Waals surface area contributed by atoms with Crippen LogP contribution in [-0.4, -0.2) is 33.8 Å². The molecule has 3 heterocycles. The van der Waals surface area contributed by atoms with Crippen LogP contribution in [0, 0.1) is 12.7 Å². The smallest absolute Gasteiger partial charge is 0.213 e. The van der Waals surface area contributed by atoms with Crippen LogP contribution in [0.3, 0.4) is 0 Å². The molecule has 0 amide bonds. The summed E-state index contributed by atoms with van der Waals surface area (Å²) in [6, 6.07) is 12.4. The van der Waals surface area contributed by atoms with Gasteiger partial charge in [-0.1, -0.05) is 6.07 Å². The maximum absolute atomic E-state index is 14.2. The number of ether oxygens (including phenoxy) is 2. The quantitative estimate of drug-likeness (QED) is 0.536. The van der Waals surface area contributed by atoms with Gasteiger partial charge in [-0.25, -0.2) is 9.37 Å². The van der Waals surface area contributed by atoms with E-state index in [4.69, 9.17) is 9.47 Å². The normalized spacial score (nSPS) is 10.9. The van der Waals surface area contributed by atoms with E-state index >= 15 is 0 Å². The molecule has 0 saturated carbocycles. The lowest BCUT2D eigenvalue weighted by atomic mass is 10.1. The molecule has 148 valence electrons. The number of aryl methyl sites for hydroxylation is 1. The van der Waals surface area contributed by atoms with Crippen molar-refractivity contribution in [2.45, 2.75) is 13.5 Å². The first-order valence-electron chi connectivity index (χ1n) is 9.02. The van der Waals surface area contributed by atoms with Gasteiger partial charge >= 0.3 is 0 Å². The molecule has 0 atom stereocenters. The number of nitrogens with one attached hydrogen (secondary N) is 1. The standard InChI is InChI=1S/C21H20FN5O2/c1-13-14(8-10-20(25-13)29-3)15-7-9-19(27-12-24-26-21(15)27)23-11-16-17(22)5-4-6-18(16)28-2/h4-10,12,23H,11H2,1-3H3. The third-order valence-electron chi connectivity index (χ3n) is 4.76. The Kier molecular flexibility index (Phi) is 4.99. The number of fused-ring (bicyclic) bond motifs is 1. The summed E-state index contributed by atoms with van der Waals surface area (Å²) in [6.45, 7) is 2.17. The lowest BCUT2D eigenvalue weighted by Gasteiger charge is -2.14. The summed E-state index contributed by atoms with van der Waals surface area (Å²) < 4.78 is 26.5. The van der Waals surface area contributed by atoms with Crippen molar-refractivity contribution in [1.82, 2.24) is 19.6 Å². The van der Waals surface area contributed by atoms with Crippen molar-refractivity contribution >= 4 is 11.5 Å². The lowest BCUT2D eigenvalue weighted by Crippen LogP contribution is -2.07. The van der Waals surface area contributed by atoms with E-state index < -0.39 is 0 Å².